The van der Waals surface area contributed by atoms with E-state index in [-0.39, 0.29) is 0 Å². The van der Waals surface area contributed by atoms with E-state index >= 15 is 0 Å². The number of carbonyl (C=O) groups is 1. The molecule has 1 aliphatic heterocycles. The molecule has 1 N–H and O–H groups in total. The first-order chi connectivity index (χ1) is 4.36. The molecule has 2 rings (SSSR count). The van der Waals surface area contributed by atoms with Crippen LogP contribution in [0.25, 0.3) is 0 Å². The van der Waals surface area contributed by atoms with E-state index in [0.717, 1.165) is 0 Å². The molecule has 2 heterocycles. The van der Waals surface area contributed by atoms with Gasteiger partial charge in [0.2, 0.25) is 0 Å². The van der Waals surface area contributed by atoms with Gasteiger partial charge in [-0.25, -0.2) is 4.79 Å². The summed E-state index contributed by atoms with van der Waals surface area (Å²) in [5, 5.41) is 0.639. The van der Waals surface area contributed by atoms with Crippen LogP contribution in [0.3, 0.4) is 0 Å². The zero-order valence-corrected chi connectivity index (χ0v) is 4.46. The summed E-state index contributed by atoms with van der Waals surface area (Å²) in [6.07, 6.45) is 1.70. The van der Waals surface area contributed by atoms with Crippen LogP contribution >= 0.6 is 0 Å². The molecule has 1 aliphatic rings. The molecule has 4 nitrogen and oxygen atoms in total. The molecule has 0 aromatic carbocycles. The summed E-state index contributed by atoms with van der Waals surface area (Å²) in [5.74, 6) is 0. The third-order valence-corrected chi connectivity index (χ3v) is 1.13. The van der Waals surface area contributed by atoms with Crippen LogP contribution in [0.4, 0.5) is 4.79 Å². The lowest BCUT2D eigenvalue weighted by Gasteiger charge is -1.67. The number of rotatable bonds is 0. The van der Waals surface area contributed by atoms with Crippen LogP contribution in [0, 0.1) is 0 Å². The number of amides is 2. The Kier molecular flexibility index (Phi) is 0.631. The zero-order valence-electron chi connectivity index (χ0n) is 4.46. The number of H-pyrrole nitrogens is 1. The molecule has 2 amide bonds. The molecule has 9 heavy (non-hydrogen) atoms. The number of fused-ring (bicyclic) bond motifs is 1. The summed E-state index contributed by atoms with van der Waals surface area (Å²) in [6, 6.07) is 1.29. The smallest absolute Gasteiger partial charge is 0.345 e. The van der Waals surface area contributed by atoms with Crippen LogP contribution in [0.15, 0.2) is 22.2 Å². The van der Waals surface area contributed by atoms with E-state index in [1.54, 1.807) is 12.3 Å². The van der Waals surface area contributed by atoms with E-state index < -0.39 is 6.03 Å². The fraction of sp³-hybridized carbons (Fsp3) is 0. The molecule has 44 valence electrons. The summed E-state index contributed by atoms with van der Waals surface area (Å²) in [5.41, 5.74) is 0.569. The van der Waals surface area contributed by atoms with Crippen molar-refractivity contribution in [3.05, 3.63) is 23.1 Å². The number of urea groups is 1. The Labute approximate surface area is 50.0 Å². The number of nitrogens with one attached hydrogen (secondary N) is 1. The van der Waals surface area contributed by atoms with Gasteiger partial charge in [-0.2, -0.15) is 9.98 Å². The van der Waals surface area contributed by atoms with E-state index in [9.17, 15) is 4.79 Å². The van der Waals surface area contributed by atoms with Gasteiger partial charge in [0.15, 0.2) is 5.49 Å². The average molecular weight is 121 g/mol. The van der Waals surface area contributed by atoms with Crippen LogP contribution in [-0.2, 0) is 0 Å². The van der Waals surface area contributed by atoms with E-state index in [1.165, 1.54) is 0 Å². The van der Waals surface area contributed by atoms with Crippen molar-refractivity contribution in [1.82, 2.24) is 4.98 Å². The van der Waals surface area contributed by atoms with Gasteiger partial charge >= 0.3 is 6.03 Å². The molecule has 4 heteroatoms. The third-order valence-electron chi connectivity index (χ3n) is 1.13. The van der Waals surface area contributed by atoms with E-state index in [2.05, 4.69) is 15.0 Å². The summed E-state index contributed by atoms with van der Waals surface area (Å²) in [4.78, 5) is 20.3. The largest absolute Gasteiger partial charge is 0.369 e. The highest BCUT2D eigenvalue weighted by molar-refractivity contribution is 5.77. The maximum absolute atomic E-state index is 10.4. The SMILES string of the molecule is O=C1N=c2cc[nH]c2=N1. The summed E-state index contributed by atoms with van der Waals surface area (Å²) >= 11 is 0. The fourth-order valence-electron chi connectivity index (χ4n) is 0.756. The fourth-order valence-corrected chi connectivity index (χ4v) is 0.756. The number of nitrogens with zero attached hydrogens (tertiary/aromatic N) is 2. The molecule has 0 unspecified atom stereocenters. The van der Waals surface area contributed by atoms with Crippen molar-refractivity contribution in [2.24, 2.45) is 9.98 Å². The molecule has 1 aromatic rings. The first kappa shape index (κ1) is 4.43. The maximum atomic E-state index is 10.4. The lowest BCUT2D eigenvalue weighted by atomic mass is 10.6. The Hall–Kier alpha value is -1.45. The molecular weight excluding hydrogens is 118 g/mol. The molecule has 0 atom stereocenters. The van der Waals surface area contributed by atoms with Gasteiger partial charge in [0.25, 0.3) is 0 Å². The van der Waals surface area contributed by atoms with Gasteiger partial charge in [-0.05, 0) is 6.07 Å². The topological polar surface area (TPSA) is 57.6 Å². The molecule has 0 radical (unpaired) electrons. The van der Waals surface area contributed by atoms with Crippen molar-refractivity contribution in [3.8, 4) is 0 Å². The molecule has 0 aliphatic carbocycles. The molecule has 0 saturated heterocycles. The summed E-state index contributed by atoms with van der Waals surface area (Å²) < 4.78 is 0. The first-order valence-corrected chi connectivity index (χ1v) is 2.51. The Morgan fingerprint density at radius 1 is 1.44 bits per heavy atom. The van der Waals surface area contributed by atoms with Gasteiger partial charge in [-0.1, -0.05) is 0 Å². The van der Waals surface area contributed by atoms with Crippen molar-refractivity contribution in [3.63, 3.8) is 0 Å². The monoisotopic (exact) mass is 121 g/mol. The normalized spacial score (nSPS) is 14.4. The second-order valence-corrected chi connectivity index (χ2v) is 1.72. The molecule has 0 fully saturated rings. The molecular formula is C5H3N3O. The number of hydrogen-bond acceptors (Lipinski definition) is 1. The van der Waals surface area contributed by atoms with Crippen molar-refractivity contribution in [2.75, 3.05) is 0 Å². The Bertz CT molecular complexity index is 329. The minimum absolute atomic E-state index is 0.420. The van der Waals surface area contributed by atoms with Crippen LogP contribution in [-0.4, -0.2) is 11.0 Å². The minimum Gasteiger partial charge on any atom is -0.345 e. The van der Waals surface area contributed by atoms with Crippen molar-refractivity contribution in [1.29, 1.82) is 0 Å². The van der Waals surface area contributed by atoms with Crippen LogP contribution in [0.1, 0.15) is 0 Å². The third kappa shape index (κ3) is 0.495. The molecule has 1 aromatic heterocycles. The molecule has 0 bridgehead atoms. The van der Waals surface area contributed by atoms with Crippen molar-refractivity contribution in [2.45, 2.75) is 0 Å². The van der Waals surface area contributed by atoms with Crippen molar-refractivity contribution < 1.29 is 4.79 Å². The molecule has 0 saturated carbocycles. The summed E-state index contributed by atoms with van der Waals surface area (Å²) in [6.45, 7) is 0. The Morgan fingerprint density at radius 3 is 3.11 bits per heavy atom. The highest BCUT2D eigenvalue weighted by atomic mass is 16.2. The highest BCUT2D eigenvalue weighted by Gasteiger charge is 2.02. The van der Waals surface area contributed by atoms with E-state index in [1.807, 2.05) is 0 Å². The zero-order chi connectivity index (χ0) is 6.27. The predicted molar refractivity (Wildman–Crippen MR) is 28.5 cm³/mol. The standard InChI is InChI=1S/C5H3N3O/c9-5-7-3-1-2-6-4(3)8-5/h1-2H,(H,6,7,8,9). The van der Waals surface area contributed by atoms with Gasteiger partial charge in [0.05, 0.1) is 0 Å². The van der Waals surface area contributed by atoms with Crippen LogP contribution in [0.5, 0.6) is 0 Å². The number of aromatic amines is 1. The second kappa shape index (κ2) is 1.28. The highest BCUT2D eigenvalue weighted by Crippen LogP contribution is 1.80. The van der Waals surface area contributed by atoms with Gasteiger partial charge in [-0.3, -0.25) is 0 Å². The summed E-state index contributed by atoms with van der Waals surface area (Å²) in [7, 11) is 0. The van der Waals surface area contributed by atoms with Gasteiger partial charge < -0.3 is 4.98 Å². The van der Waals surface area contributed by atoms with Gasteiger partial charge in [-0.15, -0.1) is 0 Å². The Balaban J connectivity index is 3.01. The number of aromatic nitrogens is 1. The molecule has 0 spiro atoms. The Morgan fingerprint density at radius 2 is 2.33 bits per heavy atom. The predicted octanol–water partition coefficient (Wildman–Crippen LogP) is -0.613. The van der Waals surface area contributed by atoms with Gasteiger partial charge in [0, 0.05) is 6.20 Å². The van der Waals surface area contributed by atoms with Gasteiger partial charge in [0.1, 0.15) is 5.36 Å². The van der Waals surface area contributed by atoms with E-state index in [4.69, 9.17) is 0 Å². The number of carbonyl (C=O) groups excluding carboxylic acids is 1. The number of hydrogen-bond donors (Lipinski definition) is 1. The second-order valence-electron chi connectivity index (χ2n) is 1.72. The lowest BCUT2D eigenvalue weighted by Crippen LogP contribution is -2.17. The first-order valence-electron chi connectivity index (χ1n) is 2.51. The van der Waals surface area contributed by atoms with E-state index in [0.29, 0.717) is 10.8 Å². The van der Waals surface area contributed by atoms with Crippen molar-refractivity contribution >= 4 is 6.03 Å². The van der Waals surface area contributed by atoms with Crippen LogP contribution in [0.2, 0.25) is 0 Å². The van der Waals surface area contributed by atoms with Crippen LogP contribution < -0.4 is 10.8 Å². The minimum atomic E-state index is -0.420. The average Bonchev–Trinajstić information content (AvgIpc) is 2.22. The maximum Gasteiger partial charge on any atom is 0.369 e. The quantitative estimate of drug-likeness (QED) is 0.489. The lowest BCUT2D eigenvalue weighted by molar-refractivity contribution is 0.256.